The molecule has 0 saturated carbocycles. The van der Waals surface area contributed by atoms with Crippen LogP contribution in [0.1, 0.15) is 0 Å². The maximum Gasteiger partial charge on any atom is 0.239 e. The molecule has 0 aliphatic carbocycles. The summed E-state index contributed by atoms with van der Waals surface area (Å²) in [7, 11) is 1.55. The summed E-state index contributed by atoms with van der Waals surface area (Å²) < 4.78 is 4.72. The second kappa shape index (κ2) is 7.88. The van der Waals surface area contributed by atoms with E-state index in [4.69, 9.17) is 4.74 Å². The molecule has 6 heteroatoms. The number of methoxy groups -OCH3 is 1. The van der Waals surface area contributed by atoms with E-state index in [0.717, 1.165) is 0 Å². The van der Waals surface area contributed by atoms with Gasteiger partial charge in [-0.05, 0) is 0 Å². The molecule has 76 valence electrons. The fourth-order valence-electron chi connectivity index (χ4n) is 0.590. The average molecular weight is 206 g/mol. The van der Waals surface area contributed by atoms with Gasteiger partial charge in [0.2, 0.25) is 11.8 Å². The fourth-order valence-corrected chi connectivity index (χ4v) is 0.702. The number of ether oxygens (including phenoxy) is 1. The van der Waals surface area contributed by atoms with Crippen molar-refractivity contribution < 1.29 is 14.3 Å². The van der Waals surface area contributed by atoms with Gasteiger partial charge in [0.25, 0.3) is 0 Å². The van der Waals surface area contributed by atoms with E-state index in [2.05, 4.69) is 23.3 Å². The predicted octanol–water partition coefficient (Wildman–Crippen LogP) is -1.20. The maximum absolute atomic E-state index is 10.9. The molecule has 0 bridgehead atoms. The van der Waals surface area contributed by atoms with Gasteiger partial charge < -0.3 is 15.4 Å². The van der Waals surface area contributed by atoms with E-state index >= 15 is 0 Å². The molecular weight excluding hydrogens is 192 g/mol. The molecule has 2 amide bonds. The maximum atomic E-state index is 10.9. The zero-order valence-electron chi connectivity index (χ0n) is 7.50. The molecule has 0 fully saturated rings. The van der Waals surface area contributed by atoms with E-state index in [0.29, 0.717) is 13.2 Å². The lowest BCUT2D eigenvalue weighted by Crippen LogP contribution is -2.38. The second-order valence-electron chi connectivity index (χ2n) is 2.28. The number of amides is 2. The third kappa shape index (κ3) is 7.61. The normalized spacial score (nSPS) is 9.38. The van der Waals surface area contributed by atoms with Crippen molar-refractivity contribution in [3.63, 3.8) is 0 Å². The van der Waals surface area contributed by atoms with Crippen LogP contribution < -0.4 is 10.6 Å². The Balaban J connectivity index is 3.35. The molecule has 0 spiro atoms. The van der Waals surface area contributed by atoms with Gasteiger partial charge in [0.1, 0.15) is 0 Å². The largest absolute Gasteiger partial charge is 0.383 e. The number of rotatable bonds is 6. The van der Waals surface area contributed by atoms with E-state index in [1.54, 1.807) is 7.11 Å². The van der Waals surface area contributed by atoms with Gasteiger partial charge in [0.15, 0.2) is 0 Å². The fraction of sp³-hybridized carbons (Fsp3) is 0.714. The molecule has 0 aliphatic rings. The van der Waals surface area contributed by atoms with Crippen molar-refractivity contribution in [2.75, 3.05) is 32.6 Å². The van der Waals surface area contributed by atoms with E-state index < -0.39 is 0 Å². The third-order valence-corrected chi connectivity index (χ3v) is 1.51. The zero-order chi connectivity index (χ0) is 10.1. The van der Waals surface area contributed by atoms with Crippen molar-refractivity contribution in [3.8, 4) is 0 Å². The lowest BCUT2D eigenvalue weighted by molar-refractivity contribution is -0.124. The van der Waals surface area contributed by atoms with E-state index in [-0.39, 0.29) is 24.1 Å². The van der Waals surface area contributed by atoms with Gasteiger partial charge in [0, 0.05) is 13.7 Å². The Labute approximate surface area is 82.6 Å². The van der Waals surface area contributed by atoms with Crippen LogP contribution in [-0.2, 0) is 14.3 Å². The summed E-state index contributed by atoms with van der Waals surface area (Å²) in [6.45, 7) is 0.904. The number of carbonyl (C=O) groups is 2. The highest BCUT2D eigenvalue weighted by atomic mass is 32.1. The first-order chi connectivity index (χ1) is 6.20. The van der Waals surface area contributed by atoms with Crippen LogP contribution in [0, 0.1) is 0 Å². The van der Waals surface area contributed by atoms with E-state index in [1.807, 2.05) is 0 Å². The molecule has 0 radical (unpaired) electrons. The molecule has 0 unspecified atom stereocenters. The Morgan fingerprint density at radius 3 is 2.54 bits per heavy atom. The molecule has 0 rings (SSSR count). The summed E-state index contributed by atoms with van der Waals surface area (Å²) in [5.74, 6) is -0.400. The van der Waals surface area contributed by atoms with Gasteiger partial charge >= 0.3 is 0 Å². The van der Waals surface area contributed by atoms with Gasteiger partial charge in [0.05, 0.1) is 18.9 Å². The summed E-state index contributed by atoms with van der Waals surface area (Å²) >= 11 is 3.74. The van der Waals surface area contributed by atoms with Crippen LogP contribution in [0.4, 0.5) is 0 Å². The molecule has 0 heterocycles. The Morgan fingerprint density at radius 1 is 1.31 bits per heavy atom. The van der Waals surface area contributed by atoms with Crippen molar-refractivity contribution in [3.05, 3.63) is 0 Å². The minimum absolute atomic E-state index is 0.0108. The van der Waals surface area contributed by atoms with Crippen LogP contribution >= 0.6 is 12.6 Å². The number of thiol groups is 1. The summed E-state index contributed by atoms with van der Waals surface area (Å²) in [5, 5.41) is 4.95. The molecule has 0 aromatic carbocycles. The number of carbonyl (C=O) groups excluding carboxylic acids is 2. The molecular formula is C7H14N2O3S. The monoisotopic (exact) mass is 206 g/mol. The van der Waals surface area contributed by atoms with Gasteiger partial charge in [-0.1, -0.05) is 0 Å². The van der Waals surface area contributed by atoms with Crippen LogP contribution in [0.15, 0.2) is 0 Å². The summed E-state index contributed by atoms with van der Waals surface area (Å²) in [4.78, 5) is 21.6. The highest BCUT2D eigenvalue weighted by Gasteiger charge is 2.02. The Kier molecular flexibility index (Phi) is 7.42. The first-order valence-electron chi connectivity index (χ1n) is 3.84. The predicted molar refractivity (Wildman–Crippen MR) is 51.7 cm³/mol. The van der Waals surface area contributed by atoms with Crippen molar-refractivity contribution in [2.45, 2.75) is 0 Å². The topological polar surface area (TPSA) is 67.4 Å². The van der Waals surface area contributed by atoms with Crippen LogP contribution in [0.2, 0.25) is 0 Å². The SMILES string of the molecule is COCCNC(=O)CNC(=O)CS. The number of hydrogen-bond donors (Lipinski definition) is 3. The highest BCUT2D eigenvalue weighted by molar-refractivity contribution is 7.81. The Hall–Kier alpha value is -0.750. The van der Waals surface area contributed by atoms with Crippen LogP contribution in [0.5, 0.6) is 0 Å². The van der Waals surface area contributed by atoms with Gasteiger partial charge in [-0.3, -0.25) is 9.59 Å². The van der Waals surface area contributed by atoms with Gasteiger partial charge in [-0.25, -0.2) is 0 Å². The smallest absolute Gasteiger partial charge is 0.239 e. The molecule has 5 nitrogen and oxygen atoms in total. The minimum Gasteiger partial charge on any atom is -0.383 e. The average Bonchev–Trinajstić information content (AvgIpc) is 2.14. The van der Waals surface area contributed by atoms with E-state index in [9.17, 15) is 9.59 Å². The van der Waals surface area contributed by atoms with E-state index in [1.165, 1.54) is 0 Å². The van der Waals surface area contributed by atoms with Crippen molar-refractivity contribution >= 4 is 24.4 Å². The Morgan fingerprint density at radius 2 is 2.00 bits per heavy atom. The number of hydrogen-bond acceptors (Lipinski definition) is 4. The van der Waals surface area contributed by atoms with Crippen LogP contribution in [0.3, 0.4) is 0 Å². The molecule has 2 N–H and O–H groups in total. The van der Waals surface area contributed by atoms with Crippen molar-refractivity contribution in [1.82, 2.24) is 10.6 Å². The van der Waals surface area contributed by atoms with Crippen LogP contribution in [0.25, 0.3) is 0 Å². The van der Waals surface area contributed by atoms with Gasteiger partial charge in [-0.15, -0.1) is 0 Å². The second-order valence-corrected chi connectivity index (χ2v) is 2.59. The molecule has 13 heavy (non-hydrogen) atoms. The summed E-state index contributed by atoms with van der Waals surface area (Å²) in [6.07, 6.45) is 0. The molecule has 0 saturated heterocycles. The zero-order valence-corrected chi connectivity index (χ0v) is 8.39. The third-order valence-electron chi connectivity index (χ3n) is 1.22. The summed E-state index contributed by atoms with van der Waals surface area (Å²) in [6, 6.07) is 0. The van der Waals surface area contributed by atoms with Gasteiger partial charge in [-0.2, -0.15) is 12.6 Å². The first kappa shape index (κ1) is 12.2. The van der Waals surface area contributed by atoms with Crippen molar-refractivity contribution in [1.29, 1.82) is 0 Å². The molecule has 0 atom stereocenters. The van der Waals surface area contributed by atoms with Crippen LogP contribution in [-0.4, -0.2) is 44.4 Å². The molecule has 0 aromatic rings. The molecule has 0 aromatic heterocycles. The minimum atomic E-state index is -0.259. The standard InChI is InChI=1S/C7H14N2O3S/c1-12-3-2-8-6(10)4-9-7(11)5-13/h13H,2-5H2,1H3,(H,8,10)(H,9,11). The first-order valence-corrected chi connectivity index (χ1v) is 4.47. The quantitative estimate of drug-likeness (QED) is 0.377. The number of nitrogens with one attached hydrogen (secondary N) is 2. The lowest BCUT2D eigenvalue weighted by Gasteiger charge is -2.04. The van der Waals surface area contributed by atoms with Crippen molar-refractivity contribution in [2.24, 2.45) is 0 Å². The Bertz CT molecular complexity index is 175. The lowest BCUT2D eigenvalue weighted by atomic mass is 10.5. The summed E-state index contributed by atoms with van der Waals surface area (Å²) in [5.41, 5.74) is 0. The molecule has 0 aliphatic heterocycles. The highest BCUT2D eigenvalue weighted by Crippen LogP contribution is 1.73.